The van der Waals surface area contributed by atoms with Crippen molar-refractivity contribution in [2.24, 2.45) is 11.7 Å². The predicted octanol–water partition coefficient (Wildman–Crippen LogP) is 2.55. The SMILES string of the molecule is CCOc1cccc(S(=O)(=O)NC(C)(CN)CC(C)C)c1.Cl. The second kappa shape index (κ2) is 8.72. The number of nitrogens with one attached hydrogen (secondary N) is 1. The maximum atomic E-state index is 12.5. The third kappa shape index (κ3) is 6.12. The van der Waals surface area contributed by atoms with Gasteiger partial charge in [-0.2, -0.15) is 0 Å². The number of sulfonamides is 1. The number of rotatable bonds is 8. The molecule has 7 heteroatoms. The van der Waals surface area contributed by atoms with Crippen LogP contribution in [-0.2, 0) is 10.0 Å². The Hall–Kier alpha value is -0.820. The van der Waals surface area contributed by atoms with E-state index in [-0.39, 0.29) is 23.8 Å². The minimum Gasteiger partial charge on any atom is -0.494 e. The molecule has 22 heavy (non-hydrogen) atoms. The average molecular weight is 351 g/mol. The Morgan fingerprint density at radius 3 is 2.50 bits per heavy atom. The molecule has 0 bridgehead atoms. The lowest BCUT2D eigenvalue weighted by Crippen LogP contribution is -2.51. The first-order chi connectivity index (χ1) is 9.72. The average Bonchev–Trinajstić information content (AvgIpc) is 2.38. The van der Waals surface area contributed by atoms with Crippen LogP contribution in [0.5, 0.6) is 5.75 Å². The molecule has 0 radical (unpaired) electrons. The summed E-state index contributed by atoms with van der Waals surface area (Å²) in [6.45, 7) is 8.50. The second-order valence-electron chi connectivity index (χ2n) is 5.88. The molecule has 0 aliphatic rings. The molecule has 0 spiro atoms. The van der Waals surface area contributed by atoms with E-state index in [0.717, 1.165) is 0 Å². The summed E-state index contributed by atoms with van der Waals surface area (Å²) < 4.78 is 33.1. The zero-order chi connectivity index (χ0) is 16.1. The number of nitrogens with two attached hydrogens (primary N) is 1. The van der Waals surface area contributed by atoms with Crippen molar-refractivity contribution in [3.05, 3.63) is 24.3 Å². The van der Waals surface area contributed by atoms with E-state index in [1.165, 1.54) is 6.07 Å². The maximum Gasteiger partial charge on any atom is 0.241 e. The van der Waals surface area contributed by atoms with Gasteiger partial charge in [-0.05, 0) is 38.3 Å². The second-order valence-corrected chi connectivity index (χ2v) is 7.56. The number of hydrogen-bond donors (Lipinski definition) is 2. The Morgan fingerprint density at radius 1 is 1.36 bits per heavy atom. The highest BCUT2D eigenvalue weighted by Crippen LogP contribution is 2.22. The van der Waals surface area contributed by atoms with E-state index in [1.54, 1.807) is 18.2 Å². The Kier molecular flexibility index (Phi) is 8.39. The van der Waals surface area contributed by atoms with E-state index in [0.29, 0.717) is 24.7 Å². The van der Waals surface area contributed by atoms with Crippen molar-refractivity contribution in [2.45, 2.75) is 44.6 Å². The van der Waals surface area contributed by atoms with Gasteiger partial charge in [0.2, 0.25) is 10.0 Å². The van der Waals surface area contributed by atoms with Gasteiger partial charge in [0.1, 0.15) is 5.75 Å². The third-order valence-corrected chi connectivity index (χ3v) is 4.75. The molecule has 128 valence electrons. The van der Waals surface area contributed by atoms with E-state index in [2.05, 4.69) is 4.72 Å². The van der Waals surface area contributed by atoms with Crippen LogP contribution in [0, 0.1) is 5.92 Å². The smallest absolute Gasteiger partial charge is 0.241 e. The summed E-state index contributed by atoms with van der Waals surface area (Å²) in [7, 11) is -3.63. The number of benzene rings is 1. The Bertz CT molecular complexity index is 564. The van der Waals surface area contributed by atoms with Gasteiger partial charge in [0.25, 0.3) is 0 Å². The largest absolute Gasteiger partial charge is 0.494 e. The molecule has 0 saturated carbocycles. The van der Waals surface area contributed by atoms with E-state index in [9.17, 15) is 8.42 Å². The molecule has 1 atom stereocenters. The van der Waals surface area contributed by atoms with Crippen LogP contribution < -0.4 is 15.2 Å². The van der Waals surface area contributed by atoms with Crippen molar-refractivity contribution in [1.29, 1.82) is 0 Å². The normalized spacial score (nSPS) is 14.3. The quantitative estimate of drug-likeness (QED) is 0.754. The van der Waals surface area contributed by atoms with Crippen LogP contribution in [-0.4, -0.2) is 27.1 Å². The minimum atomic E-state index is -3.63. The third-order valence-electron chi connectivity index (χ3n) is 3.12. The van der Waals surface area contributed by atoms with Gasteiger partial charge >= 0.3 is 0 Å². The van der Waals surface area contributed by atoms with Crippen molar-refractivity contribution in [1.82, 2.24) is 4.72 Å². The highest BCUT2D eigenvalue weighted by atomic mass is 35.5. The van der Waals surface area contributed by atoms with E-state index < -0.39 is 15.6 Å². The summed E-state index contributed by atoms with van der Waals surface area (Å²) in [4.78, 5) is 0.192. The first kappa shape index (κ1) is 21.2. The molecular weight excluding hydrogens is 324 g/mol. The molecule has 1 rings (SSSR count). The van der Waals surface area contributed by atoms with E-state index in [1.807, 2.05) is 27.7 Å². The molecule has 1 unspecified atom stereocenters. The molecule has 0 saturated heterocycles. The molecule has 5 nitrogen and oxygen atoms in total. The van der Waals surface area contributed by atoms with E-state index >= 15 is 0 Å². The lowest BCUT2D eigenvalue weighted by Gasteiger charge is -2.30. The molecule has 1 aromatic carbocycles. The van der Waals surface area contributed by atoms with Crippen molar-refractivity contribution in [3.63, 3.8) is 0 Å². The minimum absolute atomic E-state index is 0. The first-order valence-electron chi connectivity index (χ1n) is 7.19. The molecule has 0 aromatic heterocycles. The molecule has 0 amide bonds. The van der Waals surface area contributed by atoms with Crippen LogP contribution in [0.3, 0.4) is 0 Å². The van der Waals surface area contributed by atoms with Crippen LogP contribution in [0.15, 0.2) is 29.2 Å². The lowest BCUT2D eigenvalue weighted by molar-refractivity contribution is 0.338. The number of halogens is 1. The first-order valence-corrected chi connectivity index (χ1v) is 8.67. The maximum absolute atomic E-state index is 12.5. The fraction of sp³-hybridized carbons (Fsp3) is 0.600. The topological polar surface area (TPSA) is 81.4 Å². The van der Waals surface area contributed by atoms with Gasteiger partial charge in [0.05, 0.1) is 11.5 Å². The fourth-order valence-corrected chi connectivity index (χ4v) is 3.81. The van der Waals surface area contributed by atoms with Crippen molar-refractivity contribution >= 4 is 22.4 Å². The highest BCUT2D eigenvalue weighted by molar-refractivity contribution is 7.89. The molecule has 1 aromatic rings. The predicted molar refractivity (Wildman–Crippen MR) is 92.1 cm³/mol. The van der Waals surface area contributed by atoms with Crippen molar-refractivity contribution < 1.29 is 13.2 Å². The van der Waals surface area contributed by atoms with Crippen LogP contribution >= 0.6 is 12.4 Å². The van der Waals surface area contributed by atoms with Crippen LogP contribution in [0.25, 0.3) is 0 Å². The summed E-state index contributed by atoms with van der Waals surface area (Å²) in [6.07, 6.45) is 0.674. The number of ether oxygens (including phenoxy) is 1. The zero-order valence-corrected chi connectivity index (χ0v) is 15.3. The molecule has 3 N–H and O–H groups in total. The Balaban J connectivity index is 0.00000441. The van der Waals surface area contributed by atoms with E-state index in [4.69, 9.17) is 10.5 Å². The van der Waals surface area contributed by atoms with Gasteiger partial charge in [-0.15, -0.1) is 12.4 Å². The summed E-state index contributed by atoms with van der Waals surface area (Å²) in [5.74, 6) is 0.884. The summed E-state index contributed by atoms with van der Waals surface area (Å²) in [5.41, 5.74) is 5.11. The zero-order valence-electron chi connectivity index (χ0n) is 13.6. The van der Waals surface area contributed by atoms with Crippen molar-refractivity contribution in [3.8, 4) is 5.75 Å². The van der Waals surface area contributed by atoms with Gasteiger partial charge in [-0.3, -0.25) is 0 Å². The molecule has 0 aliphatic heterocycles. The highest BCUT2D eigenvalue weighted by Gasteiger charge is 2.30. The van der Waals surface area contributed by atoms with Gasteiger partial charge in [0, 0.05) is 18.2 Å². The summed E-state index contributed by atoms with van der Waals surface area (Å²) in [6, 6.07) is 6.48. The van der Waals surface area contributed by atoms with Gasteiger partial charge in [-0.1, -0.05) is 19.9 Å². The molecule has 0 fully saturated rings. The summed E-state index contributed by atoms with van der Waals surface area (Å²) in [5, 5.41) is 0. The van der Waals surface area contributed by atoms with Crippen LogP contribution in [0.4, 0.5) is 0 Å². The Morgan fingerprint density at radius 2 is 2.00 bits per heavy atom. The monoisotopic (exact) mass is 350 g/mol. The molecular formula is C15H27ClN2O3S. The molecule has 0 aliphatic carbocycles. The number of hydrogen-bond acceptors (Lipinski definition) is 4. The van der Waals surface area contributed by atoms with Crippen molar-refractivity contribution in [2.75, 3.05) is 13.2 Å². The molecule has 0 heterocycles. The van der Waals surface area contributed by atoms with Gasteiger partial charge in [-0.25, -0.2) is 13.1 Å². The standard InChI is InChI=1S/C15H26N2O3S.ClH/c1-5-20-13-7-6-8-14(9-13)21(18,19)17-15(4,11-16)10-12(2)3;/h6-9,12,17H,5,10-11,16H2,1-4H3;1H. The fourth-order valence-electron chi connectivity index (χ4n) is 2.35. The summed E-state index contributed by atoms with van der Waals surface area (Å²) >= 11 is 0. The van der Waals surface area contributed by atoms with Crippen LogP contribution in [0.1, 0.15) is 34.1 Å². The van der Waals surface area contributed by atoms with Crippen LogP contribution in [0.2, 0.25) is 0 Å². The van der Waals surface area contributed by atoms with Gasteiger partial charge < -0.3 is 10.5 Å². The van der Waals surface area contributed by atoms with Gasteiger partial charge in [0.15, 0.2) is 0 Å². The lowest BCUT2D eigenvalue weighted by atomic mass is 9.92. The Labute approximate surface area is 140 Å².